The Kier molecular flexibility index (Phi) is 4.20. The molecular weight excluding hydrogens is 248 g/mol. The Labute approximate surface area is 110 Å². The van der Waals surface area contributed by atoms with Crippen LogP contribution in [0, 0.1) is 6.92 Å². The molecule has 0 saturated carbocycles. The number of nitrogens with two attached hydrogens (primary N) is 1. The molecule has 2 N–H and O–H groups in total. The second kappa shape index (κ2) is 5.67. The molecule has 4 heteroatoms. The van der Waals surface area contributed by atoms with Gasteiger partial charge in [0.05, 0.1) is 5.69 Å². The number of thiazole rings is 1. The molecule has 0 fully saturated rings. The number of benzene rings is 1. The molecule has 0 radical (unpaired) electrons. The van der Waals surface area contributed by atoms with E-state index < -0.39 is 0 Å². The summed E-state index contributed by atoms with van der Waals surface area (Å²) in [5.41, 5.74) is 7.90. The summed E-state index contributed by atoms with van der Waals surface area (Å²) in [6.07, 6.45) is 3.01. The van der Waals surface area contributed by atoms with Crippen LogP contribution >= 0.6 is 23.1 Å². The van der Waals surface area contributed by atoms with E-state index >= 15 is 0 Å². The first-order chi connectivity index (χ1) is 8.24. The van der Waals surface area contributed by atoms with Gasteiger partial charge in [-0.25, -0.2) is 4.98 Å². The molecule has 1 aromatic heterocycles. The summed E-state index contributed by atoms with van der Waals surface area (Å²) in [4.78, 5) is 7.20. The van der Waals surface area contributed by atoms with Gasteiger partial charge in [0.2, 0.25) is 0 Å². The fourth-order valence-corrected chi connectivity index (χ4v) is 3.14. The topological polar surface area (TPSA) is 38.9 Å². The van der Waals surface area contributed by atoms with Crippen LogP contribution in [-0.2, 0) is 6.42 Å². The molecule has 90 valence electrons. The summed E-state index contributed by atoms with van der Waals surface area (Å²) in [7, 11) is 0. The second-order valence-corrected chi connectivity index (χ2v) is 5.76. The third-order valence-corrected chi connectivity index (χ3v) is 4.61. The number of thioether (sulfide) groups is 1. The molecule has 2 aromatic rings. The van der Waals surface area contributed by atoms with E-state index in [9.17, 15) is 0 Å². The molecule has 2 nitrogen and oxygen atoms in total. The molecule has 0 amide bonds. The van der Waals surface area contributed by atoms with Crippen molar-refractivity contribution in [3.8, 4) is 10.6 Å². The summed E-state index contributed by atoms with van der Waals surface area (Å²) in [6.45, 7) is 2.75. The lowest BCUT2D eigenvalue weighted by atomic mass is 10.2. The van der Waals surface area contributed by atoms with E-state index in [-0.39, 0.29) is 0 Å². The van der Waals surface area contributed by atoms with E-state index in [1.807, 2.05) is 0 Å². The number of rotatable bonds is 4. The molecule has 0 atom stereocenters. The predicted octanol–water partition coefficient (Wildman–Crippen LogP) is 3.34. The lowest BCUT2D eigenvalue weighted by molar-refractivity contribution is 0.970. The zero-order valence-corrected chi connectivity index (χ0v) is 11.7. The minimum absolute atomic E-state index is 0.688. The maximum Gasteiger partial charge on any atom is 0.123 e. The molecule has 0 saturated heterocycles. The van der Waals surface area contributed by atoms with Gasteiger partial charge in [-0.3, -0.25) is 0 Å². The maximum atomic E-state index is 5.59. The van der Waals surface area contributed by atoms with Gasteiger partial charge < -0.3 is 5.73 Å². The summed E-state index contributed by atoms with van der Waals surface area (Å²) in [6, 6.07) is 8.55. The Balaban J connectivity index is 2.29. The Morgan fingerprint density at radius 2 is 2.00 bits per heavy atom. The first kappa shape index (κ1) is 12.6. The average molecular weight is 264 g/mol. The average Bonchev–Trinajstić information content (AvgIpc) is 2.72. The minimum atomic E-state index is 0.688. The molecular formula is C13H16N2S2. The lowest BCUT2D eigenvalue weighted by Gasteiger charge is -1.98. The van der Waals surface area contributed by atoms with Crippen molar-refractivity contribution in [3.63, 3.8) is 0 Å². The zero-order chi connectivity index (χ0) is 12.3. The van der Waals surface area contributed by atoms with Crippen molar-refractivity contribution in [3.05, 3.63) is 34.8 Å². The highest BCUT2D eigenvalue weighted by molar-refractivity contribution is 7.98. The standard InChI is InChI=1S/C13H16N2S2/c1-9-12(7-8-14)17-13(15-9)10-3-5-11(16-2)6-4-10/h3-6H,7-8,14H2,1-2H3. The van der Waals surface area contributed by atoms with Gasteiger partial charge in [0.1, 0.15) is 5.01 Å². The molecule has 0 aliphatic heterocycles. The highest BCUT2D eigenvalue weighted by atomic mass is 32.2. The molecule has 0 bridgehead atoms. The smallest absolute Gasteiger partial charge is 0.123 e. The third kappa shape index (κ3) is 2.89. The van der Waals surface area contributed by atoms with Gasteiger partial charge in [-0.15, -0.1) is 23.1 Å². The van der Waals surface area contributed by atoms with E-state index in [2.05, 4.69) is 42.4 Å². The number of aryl methyl sites for hydroxylation is 1. The fraction of sp³-hybridized carbons (Fsp3) is 0.308. The fourth-order valence-electron chi connectivity index (χ4n) is 1.65. The van der Waals surface area contributed by atoms with Gasteiger partial charge in [0.25, 0.3) is 0 Å². The highest BCUT2D eigenvalue weighted by Gasteiger charge is 2.08. The van der Waals surface area contributed by atoms with Crippen molar-refractivity contribution in [2.24, 2.45) is 5.73 Å². The molecule has 0 unspecified atom stereocenters. The largest absolute Gasteiger partial charge is 0.330 e. The predicted molar refractivity (Wildman–Crippen MR) is 76.8 cm³/mol. The Morgan fingerprint density at radius 1 is 1.29 bits per heavy atom. The third-order valence-electron chi connectivity index (χ3n) is 2.60. The molecule has 1 aromatic carbocycles. The zero-order valence-electron chi connectivity index (χ0n) is 10.1. The van der Waals surface area contributed by atoms with Gasteiger partial charge in [-0.2, -0.15) is 0 Å². The van der Waals surface area contributed by atoms with Gasteiger partial charge in [0.15, 0.2) is 0 Å². The minimum Gasteiger partial charge on any atom is -0.330 e. The molecule has 0 aliphatic rings. The molecule has 17 heavy (non-hydrogen) atoms. The summed E-state index contributed by atoms with van der Waals surface area (Å²) in [5, 5.41) is 1.10. The van der Waals surface area contributed by atoms with Crippen molar-refractivity contribution in [1.29, 1.82) is 0 Å². The second-order valence-electron chi connectivity index (χ2n) is 3.79. The monoisotopic (exact) mass is 264 g/mol. The van der Waals surface area contributed by atoms with Gasteiger partial charge in [-0.1, -0.05) is 12.1 Å². The number of hydrogen-bond acceptors (Lipinski definition) is 4. The van der Waals surface area contributed by atoms with Crippen LogP contribution in [0.1, 0.15) is 10.6 Å². The first-order valence-electron chi connectivity index (χ1n) is 5.55. The SMILES string of the molecule is CSc1ccc(-c2nc(C)c(CCN)s2)cc1. The van der Waals surface area contributed by atoms with Crippen LogP contribution in [0.3, 0.4) is 0 Å². The Bertz CT molecular complexity index is 489. The van der Waals surface area contributed by atoms with E-state index in [0.29, 0.717) is 6.54 Å². The lowest BCUT2D eigenvalue weighted by Crippen LogP contribution is -2.01. The van der Waals surface area contributed by atoms with E-state index in [1.54, 1.807) is 23.1 Å². The van der Waals surface area contributed by atoms with Crippen molar-refractivity contribution in [2.75, 3.05) is 12.8 Å². The molecule has 0 aliphatic carbocycles. The van der Waals surface area contributed by atoms with Gasteiger partial charge in [-0.05, 0) is 38.3 Å². The van der Waals surface area contributed by atoms with E-state index in [0.717, 1.165) is 17.1 Å². The van der Waals surface area contributed by atoms with Crippen molar-refractivity contribution < 1.29 is 0 Å². The van der Waals surface area contributed by atoms with Crippen LogP contribution in [-0.4, -0.2) is 17.8 Å². The van der Waals surface area contributed by atoms with Crippen LogP contribution in [0.2, 0.25) is 0 Å². The van der Waals surface area contributed by atoms with Gasteiger partial charge >= 0.3 is 0 Å². The van der Waals surface area contributed by atoms with E-state index in [1.165, 1.54) is 15.3 Å². The first-order valence-corrected chi connectivity index (χ1v) is 7.59. The molecule has 2 rings (SSSR count). The summed E-state index contributed by atoms with van der Waals surface area (Å²) >= 11 is 3.51. The maximum absolute atomic E-state index is 5.59. The summed E-state index contributed by atoms with van der Waals surface area (Å²) < 4.78 is 0. The van der Waals surface area contributed by atoms with E-state index in [4.69, 9.17) is 5.73 Å². The van der Waals surface area contributed by atoms with Crippen LogP contribution in [0.5, 0.6) is 0 Å². The number of aromatic nitrogens is 1. The quantitative estimate of drug-likeness (QED) is 0.861. The number of hydrogen-bond donors (Lipinski definition) is 1. The normalized spacial score (nSPS) is 10.8. The van der Waals surface area contributed by atoms with Crippen molar-refractivity contribution in [2.45, 2.75) is 18.2 Å². The molecule has 0 spiro atoms. The van der Waals surface area contributed by atoms with Crippen molar-refractivity contribution in [1.82, 2.24) is 4.98 Å². The van der Waals surface area contributed by atoms with Crippen LogP contribution in [0.15, 0.2) is 29.2 Å². The van der Waals surface area contributed by atoms with Gasteiger partial charge in [0, 0.05) is 15.3 Å². The number of nitrogens with zero attached hydrogens (tertiary/aromatic N) is 1. The van der Waals surface area contributed by atoms with Crippen LogP contribution < -0.4 is 5.73 Å². The highest BCUT2D eigenvalue weighted by Crippen LogP contribution is 2.29. The summed E-state index contributed by atoms with van der Waals surface area (Å²) in [5.74, 6) is 0. The van der Waals surface area contributed by atoms with Crippen molar-refractivity contribution >= 4 is 23.1 Å². The Morgan fingerprint density at radius 3 is 2.59 bits per heavy atom. The Hall–Kier alpha value is -0.840. The van der Waals surface area contributed by atoms with Crippen LogP contribution in [0.4, 0.5) is 0 Å². The van der Waals surface area contributed by atoms with Crippen LogP contribution in [0.25, 0.3) is 10.6 Å². The molecule has 1 heterocycles.